The second-order valence-corrected chi connectivity index (χ2v) is 5.44. The van der Waals surface area contributed by atoms with Gasteiger partial charge in [-0.25, -0.2) is 4.98 Å². The maximum Gasteiger partial charge on any atom is 0.125 e. The van der Waals surface area contributed by atoms with Crippen LogP contribution in [0.3, 0.4) is 0 Å². The molecule has 4 nitrogen and oxygen atoms in total. The topological polar surface area (TPSA) is 43.4 Å². The molecule has 0 amide bonds. The highest BCUT2D eigenvalue weighted by molar-refractivity contribution is 7.09. The van der Waals surface area contributed by atoms with Crippen molar-refractivity contribution in [3.8, 4) is 5.75 Å². The molecule has 1 atom stereocenters. The van der Waals surface area contributed by atoms with Crippen LogP contribution in [-0.2, 0) is 4.74 Å². The van der Waals surface area contributed by atoms with Crippen molar-refractivity contribution in [1.82, 2.24) is 10.3 Å². The molecule has 1 heterocycles. The largest absolute Gasteiger partial charge is 0.496 e. The summed E-state index contributed by atoms with van der Waals surface area (Å²) in [6, 6.07) is 5.53. The lowest BCUT2D eigenvalue weighted by atomic mass is 10.1. The summed E-state index contributed by atoms with van der Waals surface area (Å²) in [5, 5.41) is 6.97. The number of hydrogen-bond acceptors (Lipinski definition) is 5. The molecule has 6 heteroatoms. The van der Waals surface area contributed by atoms with Crippen molar-refractivity contribution >= 4 is 22.9 Å². The van der Waals surface area contributed by atoms with Gasteiger partial charge >= 0.3 is 0 Å². The Hall–Kier alpha value is -1.14. The predicted octanol–water partition coefficient (Wildman–Crippen LogP) is 3.13. The summed E-state index contributed by atoms with van der Waals surface area (Å²) < 4.78 is 10.5. The van der Waals surface area contributed by atoms with E-state index >= 15 is 0 Å². The van der Waals surface area contributed by atoms with E-state index in [4.69, 9.17) is 21.1 Å². The van der Waals surface area contributed by atoms with Crippen LogP contribution >= 0.6 is 22.9 Å². The molecule has 0 radical (unpaired) electrons. The van der Waals surface area contributed by atoms with Gasteiger partial charge in [-0.2, -0.15) is 0 Å². The first-order chi connectivity index (χ1) is 9.77. The molecule has 0 saturated heterocycles. The quantitative estimate of drug-likeness (QED) is 0.798. The second kappa shape index (κ2) is 7.59. The lowest BCUT2D eigenvalue weighted by Gasteiger charge is -2.20. The van der Waals surface area contributed by atoms with Crippen molar-refractivity contribution < 1.29 is 9.47 Å². The molecular weight excluding hydrogens is 296 g/mol. The number of nitrogens with one attached hydrogen (secondary N) is 1. The van der Waals surface area contributed by atoms with Crippen LogP contribution in [0.1, 0.15) is 16.6 Å². The maximum atomic E-state index is 6.36. The standard InChI is InChI=1S/C14H17ClN2O2S/c1-18-8-6-16-13(14-17-7-9-20-14)12-10(15)4-3-5-11(12)19-2/h3-5,7,9,13,16H,6,8H2,1-2H3. The fourth-order valence-corrected chi connectivity index (χ4v) is 2.97. The zero-order valence-electron chi connectivity index (χ0n) is 11.4. The van der Waals surface area contributed by atoms with Gasteiger partial charge in [-0.1, -0.05) is 17.7 Å². The van der Waals surface area contributed by atoms with Crippen LogP contribution in [0.2, 0.25) is 5.02 Å². The molecule has 0 bridgehead atoms. The van der Waals surface area contributed by atoms with Gasteiger partial charge in [0.25, 0.3) is 0 Å². The molecule has 0 saturated carbocycles. The molecule has 0 spiro atoms. The number of aromatic nitrogens is 1. The number of halogens is 1. The summed E-state index contributed by atoms with van der Waals surface area (Å²) in [5.41, 5.74) is 0.905. The van der Waals surface area contributed by atoms with E-state index in [-0.39, 0.29) is 6.04 Å². The van der Waals surface area contributed by atoms with Crippen molar-refractivity contribution in [2.24, 2.45) is 0 Å². The Morgan fingerprint density at radius 1 is 1.40 bits per heavy atom. The Balaban J connectivity index is 2.36. The summed E-state index contributed by atoms with van der Waals surface area (Å²) in [6.07, 6.45) is 1.79. The summed E-state index contributed by atoms with van der Waals surface area (Å²) in [5.74, 6) is 0.752. The van der Waals surface area contributed by atoms with Gasteiger partial charge in [-0.05, 0) is 12.1 Å². The van der Waals surface area contributed by atoms with E-state index < -0.39 is 0 Å². The van der Waals surface area contributed by atoms with Gasteiger partial charge in [-0.15, -0.1) is 11.3 Å². The molecule has 1 N–H and O–H groups in total. The van der Waals surface area contributed by atoms with Crippen molar-refractivity contribution in [3.63, 3.8) is 0 Å². The Morgan fingerprint density at radius 3 is 2.90 bits per heavy atom. The van der Waals surface area contributed by atoms with Gasteiger partial charge < -0.3 is 14.8 Å². The van der Waals surface area contributed by atoms with Crippen molar-refractivity contribution in [2.75, 3.05) is 27.4 Å². The third-order valence-electron chi connectivity index (χ3n) is 2.87. The Morgan fingerprint density at radius 2 is 2.25 bits per heavy atom. The van der Waals surface area contributed by atoms with Gasteiger partial charge in [-0.3, -0.25) is 0 Å². The molecular formula is C14H17ClN2O2S. The number of nitrogens with zero attached hydrogens (tertiary/aromatic N) is 1. The smallest absolute Gasteiger partial charge is 0.125 e. The first-order valence-electron chi connectivity index (χ1n) is 6.22. The van der Waals surface area contributed by atoms with Gasteiger partial charge in [0, 0.05) is 35.8 Å². The third kappa shape index (κ3) is 3.49. The number of hydrogen-bond donors (Lipinski definition) is 1. The van der Waals surface area contributed by atoms with E-state index in [9.17, 15) is 0 Å². The molecule has 0 fully saturated rings. The lowest BCUT2D eigenvalue weighted by molar-refractivity contribution is 0.197. The van der Waals surface area contributed by atoms with Crippen LogP contribution in [0, 0.1) is 0 Å². The molecule has 0 aliphatic rings. The highest BCUT2D eigenvalue weighted by Crippen LogP contribution is 2.36. The van der Waals surface area contributed by atoms with E-state index in [1.54, 1.807) is 31.8 Å². The predicted molar refractivity (Wildman–Crippen MR) is 81.8 cm³/mol. The van der Waals surface area contributed by atoms with E-state index in [1.165, 1.54) is 0 Å². The molecule has 20 heavy (non-hydrogen) atoms. The minimum Gasteiger partial charge on any atom is -0.496 e. The van der Waals surface area contributed by atoms with Crippen LogP contribution in [0.5, 0.6) is 5.75 Å². The minimum atomic E-state index is -0.103. The number of thiazole rings is 1. The van der Waals surface area contributed by atoms with Gasteiger partial charge in [0.1, 0.15) is 10.8 Å². The van der Waals surface area contributed by atoms with E-state index in [0.717, 1.165) is 16.3 Å². The molecule has 0 aliphatic heterocycles. The summed E-state index contributed by atoms with van der Waals surface area (Å²) in [4.78, 5) is 4.39. The molecule has 2 aromatic rings. The van der Waals surface area contributed by atoms with E-state index in [1.807, 2.05) is 23.6 Å². The first-order valence-corrected chi connectivity index (χ1v) is 7.47. The van der Waals surface area contributed by atoms with Gasteiger partial charge in [0.15, 0.2) is 0 Å². The fraction of sp³-hybridized carbons (Fsp3) is 0.357. The highest BCUT2D eigenvalue weighted by Gasteiger charge is 2.22. The average Bonchev–Trinajstić information content (AvgIpc) is 2.98. The Labute approximate surface area is 127 Å². The SMILES string of the molecule is COCCNC(c1nccs1)c1c(Cl)cccc1OC. The Kier molecular flexibility index (Phi) is 5.79. The molecule has 2 rings (SSSR count). The summed E-state index contributed by atoms with van der Waals surface area (Å²) >= 11 is 7.94. The number of ether oxygens (including phenoxy) is 2. The number of methoxy groups -OCH3 is 2. The van der Waals surface area contributed by atoms with Gasteiger partial charge in [0.05, 0.1) is 19.8 Å². The highest BCUT2D eigenvalue weighted by atomic mass is 35.5. The van der Waals surface area contributed by atoms with Crippen LogP contribution < -0.4 is 10.1 Å². The van der Waals surface area contributed by atoms with Crippen LogP contribution in [-0.4, -0.2) is 32.4 Å². The lowest BCUT2D eigenvalue weighted by Crippen LogP contribution is -2.26. The molecule has 1 aromatic carbocycles. The normalized spacial score (nSPS) is 12.3. The van der Waals surface area contributed by atoms with Crippen LogP contribution in [0.15, 0.2) is 29.8 Å². The molecule has 108 valence electrons. The van der Waals surface area contributed by atoms with Crippen molar-refractivity contribution in [1.29, 1.82) is 0 Å². The Bertz CT molecular complexity index is 534. The minimum absolute atomic E-state index is 0.103. The van der Waals surface area contributed by atoms with E-state index in [0.29, 0.717) is 18.2 Å². The summed E-state index contributed by atoms with van der Waals surface area (Å²) in [7, 11) is 3.32. The monoisotopic (exact) mass is 312 g/mol. The van der Waals surface area contributed by atoms with E-state index in [2.05, 4.69) is 10.3 Å². The third-order valence-corrected chi connectivity index (χ3v) is 4.04. The second-order valence-electron chi connectivity index (χ2n) is 4.11. The first kappa shape index (κ1) is 15.3. The van der Waals surface area contributed by atoms with Crippen LogP contribution in [0.4, 0.5) is 0 Å². The zero-order valence-corrected chi connectivity index (χ0v) is 13.0. The van der Waals surface area contributed by atoms with Crippen molar-refractivity contribution in [2.45, 2.75) is 6.04 Å². The summed E-state index contributed by atoms with van der Waals surface area (Å²) in [6.45, 7) is 1.32. The zero-order chi connectivity index (χ0) is 14.4. The number of benzene rings is 1. The van der Waals surface area contributed by atoms with Crippen molar-refractivity contribution in [3.05, 3.63) is 45.4 Å². The van der Waals surface area contributed by atoms with Gasteiger partial charge in [0.2, 0.25) is 0 Å². The maximum absolute atomic E-state index is 6.36. The molecule has 1 unspecified atom stereocenters. The average molecular weight is 313 g/mol. The number of rotatable bonds is 7. The van der Waals surface area contributed by atoms with Crippen LogP contribution in [0.25, 0.3) is 0 Å². The fourth-order valence-electron chi connectivity index (χ4n) is 1.97. The molecule has 1 aromatic heterocycles. The molecule has 0 aliphatic carbocycles.